The predicted molar refractivity (Wildman–Crippen MR) is 95.0 cm³/mol. The Morgan fingerprint density at radius 2 is 2.15 bits per heavy atom. The molecule has 0 saturated carbocycles. The van der Waals surface area contributed by atoms with Crippen LogP contribution < -0.4 is 10.6 Å². The molecule has 134 valence electrons. The summed E-state index contributed by atoms with van der Waals surface area (Å²) in [7, 11) is 1.82. The number of nitrogens with zero attached hydrogens (tertiary/aromatic N) is 4. The van der Waals surface area contributed by atoms with Gasteiger partial charge in [-0.1, -0.05) is 18.2 Å². The van der Waals surface area contributed by atoms with Crippen LogP contribution in [-0.4, -0.2) is 37.4 Å². The third-order valence-corrected chi connectivity index (χ3v) is 4.77. The molecule has 3 heterocycles. The zero-order valence-electron chi connectivity index (χ0n) is 14.4. The third-order valence-electron chi connectivity index (χ3n) is 4.77. The minimum atomic E-state index is -0.290. The molecule has 3 aromatic rings. The van der Waals surface area contributed by atoms with Crippen molar-refractivity contribution in [1.82, 2.24) is 30.2 Å². The highest BCUT2D eigenvalue weighted by atomic mass is 16.2. The van der Waals surface area contributed by atoms with Crippen molar-refractivity contribution in [3.05, 3.63) is 48.4 Å². The van der Waals surface area contributed by atoms with Crippen molar-refractivity contribution in [3.63, 3.8) is 0 Å². The molecule has 2 amide bonds. The van der Waals surface area contributed by atoms with Crippen molar-refractivity contribution < 1.29 is 9.59 Å². The van der Waals surface area contributed by atoms with E-state index in [9.17, 15) is 9.59 Å². The van der Waals surface area contributed by atoms with Crippen molar-refractivity contribution in [2.24, 2.45) is 7.05 Å². The Morgan fingerprint density at radius 1 is 1.31 bits per heavy atom. The van der Waals surface area contributed by atoms with E-state index in [-0.39, 0.29) is 30.4 Å². The number of amides is 2. The Morgan fingerprint density at radius 3 is 2.96 bits per heavy atom. The Labute approximate surface area is 150 Å². The summed E-state index contributed by atoms with van der Waals surface area (Å²) in [5, 5.41) is 15.5. The summed E-state index contributed by atoms with van der Waals surface area (Å²) >= 11 is 0. The SMILES string of the molecule is Cn1nccc1[C@@H]1NC(=O)CC[C@H]1NC(=O)Cn1ncc2ccccc21. The quantitative estimate of drug-likeness (QED) is 0.730. The Kier molecular flexibility index (Phi) is 4.16. The second kappa shape index (κ2) is 6.62. The maximum Gasteiger partial charge on any atom is 0.242 e. The molecule has 2 atom stereocenters. The van der Waals surface area contributed by atoms with Gasteiger partial charge in [0.2, 0.25) is 11.8 Å². The number of rotatable bonds is 4. The number of hydrogen-bond acceptors (Lipinski definition) is 4. The van der Waals surface area contributed by atoms with Crippen LogP contribution in [0.1, 0.15) is 24.6 Å². The van der Waals surface area contributed by atoms with Crippen molar-refractivity contribution in [2.75, 3.05) is 0 Å². The fourth-order valence-corrected chi connectivity index (χ4v) is 3.46. The van der Waals surface area contributed by atoms with E-state index in [1.807, 2.05) is 37.4 Å². The first-order valence-electron chi connectivity index (χ1n) is 8.59. The molecule has 1 saturated heterocycles. The standard InChI is InChI=1S/C18H20N6O2/c1-23-15(8-9-19-23)18-13(6-7-16(25)22-18)21-17(26)11-24-14-5-3-2-4-12(14)10-20-24/h2-5,8-10,13,18H,6-7,11H2,1H3,(H,21,26)(H,22,25)/t13-,18-/m1/s1. The van der Waals surface area contributed by atoms with Crippen molar-refractivity contribution in [3.8, 4) is 0 Å². The molecule has 4 rings (SSSR count). The molecule has 8 nitrogen and oxygen atoms in total. The van der Waals surface area contributed by atoms with Gasteiger partial charge in [-0.15, -0.1) is 0 Å². The second-order valence-electron chi connectivity index (χ2n) is 6.50. The normalized spacial score (nSPS) is 20.1. The van der Waals surface area contributed by atoms with Gasteiger partial charge in [-0.25, -0.2) is 0 Å². The van der Waals surface area contributed by atoms with E-state index in [4.69, 9.17) is 0 Å². The van der Waals surface area contributed by atoms with Crippen molar-refractivity contribution in [2.45, 2.75) is 31.5 Å². The number of para-hydroxylation sites is 1. The van der Waals surface area contributed by atoms with E-state index >= 15 is 0 Å². The average Bonchev–Trinajstić information content (AvgIpc) is 3.23. The van der Waals surface area contributed by atoms with Gasteiger partial charge in [-0.2, -0.15) is 10.2 Å². The molecule has 0 radical (unpaired) electrons. The molecule has 26 heavy (non-hydrogen) atoms. The number of hydrogen-bond donors (Lipinski definition) is 2. The lowest BCUT2D eigenvalue weighted by Crippen LogP contribution is -2.51. The molecule has 0 aliphatic carbocycles. The second-order valence-corrected chi connectivity index (χ2v) is 6.50. The lowest BCUT2D eigenvalue weighted by atomic mass is 9.95. The first-order valence-corrected chi connectivity index (χ1v) is 8.59. The molecule has 2 N–H and O–H groups in total. The maximum atomic E-state index is 12.6. The van der Waals surface area contributed by atoms with Gasteiger partial charge in [0.25, 0.3) is 0 Å². The molecule has 1 aliphatic heterocycles. The fraction of sp³-hybridized carbons (Fsp3) is 0.333. The van der Waals surface area contributed by atoms with Gasteiger partial charge in [0.05, 0.1) is 29.5 Å². The van der Waals surface area contributed by atoms with Crippen LogP contribution >= 0.6 is 0 Å². The zero-order chi connectivity index (χ0) is 18.1. The van der Waals surface area contributed by atoms with Crippen LogP contribution in [0, 0.1) is 0 Å². The van der Waals surface area contributed by atoms with E-state index in [0.29, 0.717) is 12.8 Å². The maximum absolute atomic E-state index is 12.6. The van der Waals surface area contributed by atoms with Crippen molar-refractivity contribution in [1.29, 1.82) is 0 Å². The largest absolute Gasteiger partial charge is 0.349 e. The third kappa shape index (κ3) is 3.05. The van der Waals surface area contributed by atoms with Gasteiger partial charge in [0.1, 0.15) is 6.54 Å². The monoisotopic (exact) mass is 352 g/mol. The van der Waals surface area contributed by atoms with Crippen LogP contribution in [0.2, 0.25) is 0 Å². The molecule has 0 spiro atoms. The lowest BCUT2D eigenvalue weighted by Gasteiger charge is -2.32. The molecular weight excluding hydrogens is 332 g/mol. The van der Waals surface area contributed by atoms with Gasteiger partial charge in [-0.05, 0) is 18.6 Å². The highest BCUT2D eigenvalue weighted by Gasteiger charge is 2.32. The van der Waals surface area contributed by atoms with Gasteiger partial charge >= 0.3 is 0 Å². The smallest absolute Gasteiger partial charge is 0.242 e. The van der Waals surface area contributed by atoms with Crippen LogP contribution in [0.3, 0.4) is 0 Å². The summed E-state index contributed by atoms with van der Waals surface area (Å²) in [4.78, 5) is 24.4. The van der Waals surface area contributed by atoms with E-state index in [2.05, 4.69) is 20.8 Å². The summed E-state index contributed by atoms with van der Waals surface area (Å²) in [6.07, 6.45) is 4.42. The van der Waals surface area contributed by atoms with Gasteiger partial charge in [-0.3, -0.25) is 19.0 Å². The van der Waals surface area contributed by atoms with E-state index in [1.54, 1.807) is 21.8 Å². The number of piperidine rings is 1. The van der Waals surface area contributed by atoms with Crippen LogP contribution in [0.4, 0.5) is 0 Å². The minimum Gasteiger partial charge on any atom is -0.349 e. The van der Waals surface area contributed by atoms with Crippen molar-refractivity contribution >= 4 is 22.7 Å². The number of aromatic nitrogens is 4. The lowest BCUT2D eigenvalue weighted by molar-refractivity contribution is -0.127. The molecule has 0 unspecified atom stereocenters. The molecule has 1 aliphatic rings. The number of benzene rings is 1. The molecule has 0 bridgehead atoms. The summed E-state index contributed by atoms with van der Waals surface area (Å²) in [5.74, 6) is -0.146. The summed E-state index contributed by atoms with van der Waals surface area (Å²) < 4.78 is 3.40. The number of fused-ring (bicyclic) bond motifs is 1. The summed E-state index contributed by atoms with van der Waals surface area (Å²) in [6, 6.07) is 9.15. The van der Waals surface area contributed by atoms with Gasteiger partial charge in [0.15, 0.2) is 0 Å². The summed E-state index contributed by atoms with van der Waals surface area (Å²) in [6.45, 7) is 0.135. The van der Waals surface area contributed by atoms with Crippen LogP contribution in [0.25, 0.3) is 10.9 Å². The predicted octanol–water partition coefficient (Wildman–Crippen LogP) is 0.906. The molecule has 8 heteroatoms. The number of carbonyl (C=O) groups is 2. The molecular formula is C18H20N6O2. The van der Waals surface area contributed by atoms with E-state index in [0.717, 1.165) is 16.6 Å². The van der Waals surface area contributed by atoms with E-state index < -0.39 is 0 Å². The highest BCUT2D eigenvalue weighted by Crippen LogP contribution is 2.23. The minimum absolute atomic E-state index is 0.0141. The first-order chi connectivity index (χ1) is 12.6. The summed E-state index contributed by atoms with van der Waals surface area (Å²) in [5.41, 5.74) is 1.79. The Bertz CT molecular complexity index is 959. The van der Waals surface area contributed by atoms with Gasteiger partial charge in [0, 0.05) is 25.1 Å². The number of aryl methyl sites for hydroxylation is 1. The number of nitrogens with one attached hydrogen (secondary N) is 2. The van der Waals surface area contributed by atoms with Gasteiger partial charge < -0.3 is 10.6 Å². The topological polar surface area (TPSA) is 93.8 Å². The van der Waals surface area contributed by atoms with Crippen LogP contribution in [-0.2, 0) is 23.2 Å². The van der Waals surface area contributed by atoms with E-state index in [1.165, 1.54) is 0 Å². The Hall–Kier alpha value is -3.16. The van der Waals surface area contributed by atoms with Crippen LogP contribution in [0.15, 0.2) is 42.7 Å². The molecule has 2 aromatic heterocycles. The fourth-order valence-electron chi connectivity index (χ4n) is 3.46. The molecule has 1 aromatic carbocycles. The average molecular weight is 352 g/mol. The number of carbonyl (C=O) groups excluding carboxylic acids is 2. The zero-order valence-corrected chi connectivity index (χ0v) is 14.4. The molecule has 1 fully saturated rings. The first kappa shape index (κ1) is 16.3. The Balaban J connectivity index is 1.50. The van der Waals surface area contributed by atoms with Crippen LogP contribution in [0.5, 0.6) is 0 Å². The highest BCUT2D eigenvalue weighted by molar-refractivity contribution is 5.82.